The van der Waals surface area contributed by atoms with E-state index in [2.05, 4.69) is 14.9 Å². The van der Waals surface area contributed by atoms with E-state index >= 15 is 0 Å². The number of carbonyl (C=O) groups is 2. The molecule has 2 N–H and O–H groups in total. The first kappa shape index (κ1) is 21.8. The Kier molecular flexibility index (Phi) is 5.86. The van der Waals surface area contributed by atoms with Crippen molar-refractivity contribution in [2.24, 2.45) is 5.41 Å². The smallest absolute Gasteiger partial charge is 0.317 e. The molecule has 0 saturated carbocycles. The highest BCUT2D eigenvalue weighted by atomic mass is 19.1. The van der Waals surface area contributed by atoms with E-state index in [0.717, 1.165) is 22.3 Å². The van der Waals surface area contributed by atoms with Crippen LogP contribution in [0.1, 0.15) is 37.1 Å². The second-order valence-electron chi connectivity index (χ2n) is 8.86. The van der Waals surface area contributed by atoms with Gasteiger partial charge in [0.15, 0.2) is 0 Å². The highest BCUT2D eigenvalue weighted by Crippen LogP contribution is 2.30. The number of pyridine rings is 1. The molecule has 168 valence electrons. The predicted molar refractivity (Wildman–Crippen MR) is 119 cm³/mol. The second-order valence-corrected chi connectivity index (χ2v) is 8.86. The van der Waals surface area contributed by atoms with Crippen LogP contribution in [0.25, 0.3) is 11.0 Å². The number of aromatic nitrogens is 2. The van der Waals surface area contributed by atoms with Crippen molar-refractivity contribution in [1.29, 1.82) is 0 Å². The van der Waals surface area contributed by atoms with E-state index in [1.165, 1.54) is 17.7 Å². The van der Waals surface area contributed by atoms with Gasteiger partial charge in [0.05, 0.1) is 12.0 Å². The number of benzene rings is 1. The fourth-order valence-electron chi connectivity index (χ4n) is 4.12. The number of halogens is 1. The van der Waals surface area contributed by atoms with E-state index in [4.69, 9.17) is 0 Å². The molecule has 2 amide bonds. The molecule has 0 spiro atoms. The Bertz CT molecular complexity index is 1170. The molecule has 1 aromatic carbocycles. The van der Waals surface area contributed by atoms with E-state index in [-0.39, 0.29) is 18.4 Å². The van der Waals surface area contributed by atoms with Crippen LogP contribution in [-0.4, -0.2) is 44.6 Å². The monoisotopic (exact) mass is 438 g/mol. The summed E-state index contributed by atoms with van der Waals surface area (Å²) in [5, 5.41) is 13.2. The van der Waals surface area contributed by atoms with E-state index in [1.807, 2.05) is 18.2 Å². The lowest BCUT2D eigenvalue weighted by Crippen LogP contribution is -2.44. The lowest BCUT2D eigenvalue weighted by molar-refractivity contribution is -0.147. The largest absolute Gasteiger partial charge is 0.481 e. The number of carboxylic acids is 1. The average Bonchev–Trinajstić information content (AvgIpc) is 3.06. The van der Waals surface area contributed by atoms with E-state index in [1.54, 1.807) is 31.0 Å². The summed E-state index contributed by atoms with van der Waals surface area (Å²) < 4.78 is 15.8. The molecule has 2 aromatic heterocycles. The predicted octanol–water partition coefficient (Wildman–Crippen LogP) is 3.79. The third kappa shape index (κ3) is 4.30. The van der Waals surface area contributed by atoms with Gasteiger partial charge >= 0.3 is 12.0 Å². The third-order valence-corrected chi connectivity index (χ3v) is 6.14. The summed E-state index contributed by atoms with van der Waals surface area (Å²) in [4.78, 5) is 30.4. The molecule has 3 aromatic rings. The van der Waals surface area contributed by atoms with Gasteiger partial charge in [-0.1, -0.05) is 12.1 Å². The Hall–Kier alpha value is -3.42. The molecule has 0 saturated heterocycles. The fraction of sp³-hybridized carbons (Fsp3) is 0.375. The molecular weight excluding hydrogens is 411 g/mol. The fourth-order valence-corrected chi connectivity index (χ4v) is 4.12. The van der Waals surface area contributed by atoms with Crippen LogP contribution in [-0.2, 0) is 24.3 Å². The molecule has 7 nitrogen and oxygen atoms in total. The van der Waals surface area contributed by atoms with Gasteiger partial charge in [0.1, 0.15) is 11.5 Å². The molecule has 8 heteroatoms. The van der Waals surface area contributed by atoms with Crippen molar-refractivity contribution in [3.63, 3.8) is 0 Å². The SMILES string of the molecule is CC(C)(CCNC(=O)N1CCc2c(n(Cc3cccc(F)c3)c3ncccc23)C1)C(=O)O. The molecule has 32 heavy (non-hydrogen) atoms. The zero-order valence-electron chi connectivity index (χ0n) is 18.3. The van der Waals surface area contributed by atoms with Gasteiger partial charge in [0.25, 0.3) is 0 Å². The highest BCUT2D eigenvalue weighted by Gasteiger charge is 2.29. The quantitative estimate of drug-likeness (QED) is 0.613. The Balaban J connectivity index is 1.55. The molecule has 0 radical (unpaired) electrons. The van der Waals surface area contributed by atoms with Crippen LogP contribution in [0.3, 0.4) is 0 Å². The van der Waals surface area contributed by atoms with Crippen molar-refractivity contribution in [1.82, 2.24) is 19.8 Å². The van der Waals surface area contributed by atoms with Crippen LogP contribution in [0.4, 0.5) is 9.18 Å². The summed E-state index contributed by atoms with van der Waals surface area (Å²) in [6.07, 6.45) is 2.78. The number of hydrogen-bond acceptors (Lipinski definition) is 3. The molecule has 1 aliphatic rings. The van der Waals surface area contributed by atoms with Gasteiger partial charge in [-0.2, -0.15) is 0 Å². The van der Waals surface area contributed by atoms with Crippen LogP contribution < -0.4 is 5.32 Å². The summed E-state index contributed by atoms with van der Waals surface area (Å²) in [6, 6.07) is 10.2. The van der Waals surface area contributed by atoms with Crippen LogP contribution in [0.5, 0.6) is 0 Å². The van der Waals surface area contributed by atoms with E-state index in [0.29, 0.717) is 32.5 Å². The third-order valence-electron chi connectivity index (χ3n) is 6.14. The van der Waals surface area contributed by atoms with Crippen LogP contribution in [0.15, 0.2) is 42.6 Å². The maximum absolute atomic E-state index is 13.7. The minimum Gasteiger partial charge on any atom is -0.481 e. The second kappa shape index (κ2) is 8.61. The number of aliphatic carboxylic acids is 1. The Morgan fingerprint density at radius 2 is 2.06 bits per heavy atom. The normalized spacial score (nSPS) is 13.8. The Morgan fingerprint density at radius 3 is 2.81 bits per heavy atom. The van der Waals surface area contributed by atoms with Crippen molar-refractivity contribution < 1.29 is 19.1 Å². The van der Waals surface area contributed by atoms with Crippen molar-refractivity contribution >= 4 is 23.0 Å². The first-order valence-corrected chi connectivity index (χ1v) is 10.7. The van der Waals surface area contributed by atoms with Gasteiger partial charge in [-0.3, -0.25) is 4.79 Å². The maximum Gasteiger partial charge on any atom is 0.317 e. The number of carbonyl (C=O) groups excluding carboxylic acids is 1. The summed E-state index contributed by atoms with van der Waals surface area (Å²) in [5.74, 6) is -1.17. The van der Waals surface area contributed by atoms with Gasteiger partial charge < -0.3 is 19.9 Å². The number of carboxylic acid groups (broad SMARTS) is 1. The lowest BCUT2D eigenvalue weighted by Gasteiger charge is -2.29. The molecular formula is C24H27FN4O3. The molecule has 1 aliphatic heterocycles. The van der Waals surface area contributed by atoms with Gasteiger partial charge in [-0.25, -0.2) is 14.2 Å². The molecule has 0 unspecified atom stereocenters. The van der Waals surface area contributed by atoms with Crippen molar-refractivity contribution in [2.75, 3.05) is 13.1 Å². The molecule has 3 heterocycles. The number of urea groups is 1. The zero-order valence-corrected chi connectivity index (χ0v) is 18.3. The number of hydrogen-bond donors (Lipinski definition) is 2. The van der Waals surface area contributed by atoms with E-state index in [9.17, 15) is 19.1 Å². The van der Waals surface area contributed by atoms with Gasteiger partial charge in [-0.05, 0) is 62.1 Å². The summed E-state index contributed by atoms with van der Waals surface area (Å²) >= 11 is 0. The van der Waals surface area contributed by atoms with Gasteiger partial charge in [0, 0.05) is 36.9 Å². The minimum atomic E-state index is -0.897. The van der Waals surface area contributed by atoms with Crippen molar-refractivity contribution in [2.45, 2.75) is 39.8 Å². The Morgan fingerprint density at radius 1 is 1.25 bits per heavy atom. The van der Waals surface area contributed by atoms with Crippen molar-refractivity contribution in [3.05, 3.63) is 65.2 Å². The summed E-state index contributed by atoms with van der Waals surface area (Å²) in [7, 11) is 0. The zero-order chi connectivity index (χ0) is 22.9. The van der Waals surface area contributed by atoms with Gasteiger partial charge in [-0.15, -0.1) is 0 Å². The molecule has 0 atom stereocenters. The number of rotatable bonds is 6. The highest BCUT2D eigenvalue weighted by molar-refractivity contribution is 5.83. The van der Waals surface area contributed by atoms with Crippen molar-refractivity contribution in [3.8, 4) is 0 Å². The van der Waals surface area contributed by atoms with Crippen LogP contribution in [0.2, 0.25) is 0 Å². The molecule has 4 rings (SSSR count). The Labute approximate surface area is 185 Å². The summed E-state index contributed by atoms with van der Waals surface area (Å²) in [6.45, 7) is 5.02. The number of nitrogens with one attached hydrogen (secondary N) is 1. The van der Waals surface area contributed by atoms with Crippen LogP contribution >= 0.6 is 0 Å². The molecule has 0 fully saturated rings. The summed E-state index contributed by atoms with van der Waals surface area (Å²) in [5.41, 5.74) is 2.92. The first-order valence-electron chi connectivity index (χ1n) is 10.7. The average molecular weight is 439 g/mol. The van der Waals surface area contributed by atoms with Crippen LogP contribution in [0, 0.1) is 11.2 Å². The maximum atomic E-state index is 13.7. The standard InChI is InChI=1S/C24H27FN4O3/c1-24(2,22(30)31)9-11-27-23(32)28-12-8-18-19-7-4-10-26-21(19)29(20(18)15-28)14-16-5-3-6-17(25)13-16/h3-7,10,13H,8-9,11-12,14-15H2,1-2H3,(H,27,32)(H,30,31). The number of amides is 2. The molecule has 0 bridgehead atoms. The van der Waals surface area contributed by atoms with Gasteiger partial charge in [0.2, 0.25) is 0 Å². The number of fused-ring (bicyclic) bond motifs is 3. The topological polar surface area (TPSA) is 87.5 Å². The molecule has 0 aliphatic carbocycles. The first-order chi connectivity index (χ1) is 15.3. The lowest BCUT2D eigenvalue weighted by atomic mass is 9.90. The minimum absolute atomic E-state index is 0.215. The van der Waals surface area contributed by atoms with E-state index < -0.39 is 11.4 Å². The number of nitrogens with zero attached hydrogens (tertiary/aromatic N) is 3.